The molecule has 1 fully saturated rings. The molecule has 34 heavy (non-hydrogen) atoms. The van der Waals surface area contributed by atoms with Crippen molar-refractivity contribution in [2.75, 3.05) is 36.4 Å². The molecule has 0 bridgehead atoms. The fourth-order valence-electron chi connectivity index (χ4n) is 3.91. The fraction of sp³-hybridized carbons (Fsp3) is 0.444. The molecule has 0 aliphatic carbocycles. The Bertz CT molecular complexity index is 1000. The van der Waals surface area contributed by atoms with Gasteiger partial charge in [-0.25, -0.2) is 0 Å². The molecule has 1 heterocycles. The third-order valence-corrected chi connectivity index (χ3v) is 6.15. The minimum absolute atomic E-state index is 0.0385. The Morgan fingerprint density at radius 2 is 1.53 bits per heavy atom. The topological polar surface area (TPSA) is 64.7 Å². The Hall–Kier alpha value is -2.93. The van der Waals surface area contributed by atoms with Gasteiger partial charge in [0.1, 0.15) is 0 Å². The third kappa shape index (κ3) is 7.03. The fourth-order valence-corrected chi connectivity index (χ4v) is 4.12. The van der Waals surface area contributed by atoms with Gasteiger partial charge in [0.15, 0.2) is 5.11 Å². The Balaban J connectivity index is 1.49. The molecular formula is C27H36N4O2S. The van der Waals surface area contributed by atoms with Crippen molar-refractivity contribution >= 4 is 40.5 Å². The van der Waals surface area contributed by atoms with Crippen LogP contribution in [0, 0.1) is 5.92 Å². The molecule has 2 N–H and O–H groups in total. The highest BCUT2D eigenvalue weighted by Gasteiger charge is 2.21. The number of amides is 2. The molecule has 182 valence electrons. The SMILES string of the molecule is CC(C)CC(=O)N1CCN(c2ccc(NC(=S)NC(=O)c3ccc(C(C)(C)C)cc3)cc2)CC1. The Labute approximate surface area is 208 Å². The number of hydrogen-bond acceptors (Lipinski definition) is 4. The van der Waals surface area contributed by atoms with Gasteiger partial charge >= 0.3 is 0 Å². The average molecular weight is 481 g/mol. The van der Waals surface area contributed by atoms with E-state index in [0.29, 0.717) is 17.9 Å². The first-order chi connectivity index (χ1) is 16.0. The van der Waals surface area contributed by atoms with Gasteiger partial charge in [0.05, 0.1) is 0 Å². The van der Waals surface area contributed by atoms with E-state index in [9.17, 15) is 9.59 Å². The molecule has 0 radical (unpaired) electrons. The summed E-state index contributed by atoms with van der Waals surface area (Å²) >= 11 is 5.33. The first kappa shape index (κ1) is 25.7. The van der Waals surface area contributed by atoms with Gasteiger partial charge in [0, 0.05) is 49.5 Å². The van der Waals surface area contributed by atoms with Gasteiger partial charge in [-0.3, -0.25) is 14.9 Å². The zero-order chi connectivity index (χ0) is 24.9. The molecule has 1 saturated heterocycles. The van der Waals surface area contributed by atoms with E-state index >= 15 is 0 Å². The van der Waals surface area contributed by atoms with Crippen molar-refractivity contribution in [3.05, 3.63) is 59.7 Å². The number of carbonyl (C=O) groups is 2. The summed E-state index contributed by atoms with van der Waals surface area (Å²) < 4.78 is 0. The molecule has 0 aromatic heterocycles. The monoisotopic (exact) mass is 480 g/mol. The number of benzene rings is 2. The van der Waals surface area contributed by atoms with Crippen molar-refractivity contribution in [3.63, 3.8) is 0 Å². The highest BCUT2D eigenvalue weighted by molar-refractivity contribution is 7.80. The van der Waals surface area contributed by atoms with Gasteiger partial charge in [-0.2, -0.15) is 0 Å². The van der Waals surface area contributed by atoms with Gasteiger partial charge in [-0.1, -0.05) is 46.8 Å². The van der Waals surface area contributed by atoms with E-state index in [1.165, 1.54) is 5.56 Å². The summed E-state index contributed by atoms with van der Waals surface area (Å²) in [5.74, 6) is 0.393. The van der Waals surface area contributed by atoms with Crippen LogP contribution in [-0.4, -0.2) is 48.0 Å². The number of hydrogen-bond donors (Lipinski definition) is 2. The van der Waals surface area contributed by atoms with Crippen LogP contribution < -0.4 is 15.5 Å². The number of anilines is 2. The van der Waals surface area contributed by atoms with Crippen molar-refractivity contribution in [2.45, 2.75) is 46.5 Å². The summed E-state index contributed by atoms with van der Waals surface area (Å²) in [4.78, 5) is 29.0. The van der Waals surface area contributed by atoms with E-state index in [1.54, 1.807) is 0 Å². The Kier molecular flexibility index (Phi) is 8.31. The number of carbonyl (C=O) groups excluding carboxylic acids is 2. The molecule has 0 unspecified atom stereocenters. The van der Waals surface area contributed by atoms with Crippen LogP contribution in [-0.2, 0) is 10.2 Å². The van der Waals surface area contributed by atoms with Crippen LogP contribution in [0.4, 0.5) is 11.4 Å². The standard InChI is InChI=1S/C27H36N4O2S/c1-19(2)18-24(32)31-16-14-30(15-17-31)23-12-10-22(11-13-23)28-26(34)29-25(33)20-6-8-21(9-7-20)27(3,4)5/h6-13,19H,14-18H2,1-5H3,(H2,28,29,33,34). The van der Waals surface area contributed by atoms with Gasteiger partial charge in [-0.05, 0) is 65.5 Å². The first-order valence-corrected chi connectivity index (χ1v) is 12.3. The summed E-state index contributed by atoms with van der Waals surface area (Å²) in [6.07, 6.45) is 0.610. The average Bonchev–Trinajstić information content (AvgIpc) is 2.78. The van der Waals surface area contributed by atoms with Crippen LogP contribution >= 0.6 is 12.2 Å². The lowest BCUT2D eigenvalue weighted by molar-refractivity contribution is -0.132. The summed E-state index contributed by atoms with van der Waals surface area (Å²) in [5.41, 5.74) is 3.70. The maximum atomic E-state index is 12.5. The van der Waals surface area contributed by atoms with Crippen molar-refractivity contribution in [1.82, 2.24) is 10.2 Å². The molecule has 0 saturated carbocycles. The van der Waals surface area contributed by atoms with Crippen LogP contribution in [0.25, 0.3) is 0 Å². The van der Waals surface area contributed by atoms with Crippen molar-refractivity contribution < 1.29 is 9.59 Å². The van der Waals surface area contributed by atoms with Gasteiger partial charge in [0.2, 0.25) is 5.91 Å². The molecule has 7 heteroatoms. The van der Waals surface area contributed by atoms with Crippen LogP contribution in [0.1, 0.15) is 57.0 Å². The summed E-state index contributed by atoms with van der Waals surface area (Å²) in [6, 6.07) is 15.6. The number of nitrogens with one attached hydrogen (secondary N) is 2. The van der Waals surface area contributed by atoms with E-state index in [2.05, 4.69) is 50.2 Å². The van der Waals surface area contributed by atoms with Crippen LogP contribution in [0.5, 0.6) is 0 Å². The number of nitrogens with zero attached hydrogens (tertiary/aromatic N) is 2. The molecule has 6 nitrogen and oxygen atoms in total. The third-order valence-electron chi connectivity index (χ3n) is 5.95. The highest BCUT2D eigenvalue weighted by Crippen LogP contribution is 2.22. The van der Waals surface area contributed by atoms with Crippen LogP contribution in [0.15, 0.2) is 48.5 Å². The lowest BCUT2D eigenvalue weighted by Gasteiger charge is -2.36. The second-order valence-corrected chi connectivity index (χ2v) is 10.7. The van der Waals surface area contributed by atoms with E-state index < -0.39 is 0 Å². The van der Waals surface area contributed by atoms with Crippen LogP contribution in [0.2, 0.25) is 0 Å². The quantitative estimate of drug-likeness (QED) is 0.602. The molecular weight excluding hydrogens is 444 g/mol. The van der Waals surface area contributed by atoms with E-state index in [-0.39, 0.29) is 22.3 Å². The highest BCUT2D eigenvalue weighted by atomic mass is 32.1. The maximum Gasteiger partial charge on any atom is 0.257 e. The molecule has 2 aromatic carbocycles. The molecule has 2 aromatic rings. The normalized spacial score (nSPS) is 14.2. The Morgan fingerprint density at radius 1 is 0.941 bits per heavy atom. The largest absolute Gasteiger partial charge is 0.368 e. The first-order valence-electron chi connectivity index (χ1n) is 11.9. The van der Waals surface area contributed by atoms with Gasteiger partial charge < -0.3 is 15.1 Å². The molecule has 1 aliphatic rings. The van der Waals surface area contributed by atoms with E-state index in [1.807, 2.05) is 53.4 Å². The molecule has 0 spiro atoms. The minimum Gasteiger partial charge on any atom is -0.368 e. The zero-order valence-corrected chi connectivity index (χ0v) is 21.7. The van der Waals surface area contributed by atoms with Crippen LogP contribution in [0.3, 0.4) is 0 Å². The van der Waals surface area contributed by atoms with Gasteiger partial charge in [-0.15, -0.1) is 0 Å². The lowest BCUT2D eigenvalue weighted by Crippen LogP contribution is -2.49. The predicted molar refractivity (Wildman–Crippen MR) is 144 cm³/mol. The zero-order valence-electron chi connectivity index (χ0n) is 20.9. The number of thiocarbonyl (C=S) groups is 1. The molecule has 0 atom stereocenters. The number of rotatable bonds is 5. The summed E-state index contributed by atoms with van der Waals surface area (Å²) in [5, 5.41) is 6.08. The summed E-state index contributed by atoms with van der Waals surface area (Å²) in [6.45, 7) is 13.7. The molecule has 2 amide bonds. The minimum atomic E-state index is -0.237. The summed E-state index contributed by atoms with van der Waals surface area (Å²) in [7, 11) is 0. The maximum absolute atomic E-state index is 12.5. The van der Waals surface area contributed by atoms with E-state index in [0.717, 1.165) is 37.6 Å². The second-order valence-electron chi connectivity index (χ2n) is 10.2. The second kappa shape index (κ2) is 11.0. The van der Waals surface area contributed by atoms with Crippen molar-refractivity contribution in [2.24, 2.45) is 5.92 Å². The number of piperazine rings is 1. The lowest BCUT2D eigenvalue weighted by atomic mass is 9.87. The predicted octanol–water partition coefficient (Wildman–Crippen LogP) is 4.81. The smallest absolute Gasteiger partial charge is 0.257 e. The Morgan fingerprint density at radius 3 is 2.06 bits per heavy atom. The van der Waals surface area contributed by atoms with Gasteiger partial charge in [0.25, 0.3) is 5.91 Å². The van der Waals surface area contributed by atoms with E-state index in [4.69, 9.17) is 12.2 Å². The molecule has 1 aliphatic heterocycles. The van der Waals surface area contributed by atoms with Crippen molar-refractivity contribution in [3.8, 4) is 0 Å². The molecule has 3 rings (SSSR count). The van der Waals surface area contributed by atoms with Crippen molar-refractivity contribution in [1.29, 1.82) is 0 Å².